The van der Waals surface area contributed by atoms with E-state index in [1.807, 2.05) is 18.7 Å². The quantitative estimate of drug-likeness (QED) is 0.516. The number of rotatable bonds is 13. The smallest absolute Gasteiger partial charge is 0.222 e. The van der Waals surface area contributed by atoms with Gasteiger partial charge in [0.05, 0.1) is 13.2 Å². The standard InChI is InChI=1S/C14H30N2O3/c1-3-18-12-10-16(11-13-19-4-2)14(17)8-6-5-7-9-15/h3-13,15H2,1-2H3. The molecule has 0 radical (unpaired) electrons. The molecular weight excluding hydrogens is 244 g/mol. The van der Waals surface area contributed by atoms with E-state index in [1.165, 1.54) is 0 Å². The SMILES string of the molecule is CCOCCN(CCOCC)C(=O)CCCCCN. The van der Waals surface area contributed by atoms with E-state index in [1.54, 1.807) is 0 Å². The van der Waals surface area contributed by atoms with Gasteiger partial charge in [0.25, 0.3) is 0 Å². The summed E-state index contributed by atoms with van der Waals surface area (Å²) in [5.74, 6) is 0.191. The first kappa shape index (κ1) is 18.4. The van der Waals surface area contributed by atoms with Gasteiger partial charge in [-0.1, -0.05) is 6.42 Å². The predicted molar refractivity (Wildman–Crippen MR) is 77.1 cm³/mol. The molecule has 0 aliphatic carbocycles. The molecule has 0 unspecified atom stereocenters. The van der Waals surface area contributed by atoms with E-state index in [4.69, 9.17) is 15.2 Å². The minimum atomic E-state index is 0.191. The van der Waals surface area contributed by atoms with Gasteiger partial charge in [0.15, 0.2) is 0 Å². The molecule has 114 valence electrons. The van der Waals surface area contributed by atoms with E-state index in [2.05, 4.69) is 0 Å². The number of carbonyl (C=O) groups excluding carboxylic acids is 1. The normalized spacial score (nSPS) is 10.7. The maximum Gasteiger partial charge on any atom is 0.222 e. The van der Waals surface area contributed by atoms with Crippen LogP contribution in [-0.4, -0.2) is 56.9 Å². The Morgan fingerprint density at radius 2 is 1.58 bits per heavy atom. The first-order valence-electron chi connectivity index (χ1n) is 7.39. The molecule has 0 aromatic carbocycles. The second kappa shape index (κ2) is 13.8. The van der Waals surface area contributed by atoms with Crippen molar-refractivity contribution in [1.29, 1.82) is 0 Å². The van der Waals surface area contributed by atoms with Crippen molar-refractivity contribution in [3.8, 4) is 0 Å². The largest absolute Gasteiger partial charge is 0.380 e. The second-order valence-corrected chi connectivity index (χ2v) is 4.37. The van der Waals surface area contributed by atoms with Crippen molar-refractivity contribution in [2.24, 2.45) is 5.73 Å². The topological polar surface area (TPSA) is 64.8 Å². The molecule has 5 heteroatoms. The van der Waals surface area contributed by atoms with Crippen LogP contribution in [-0.2, 0) is 14.3 Å². The number of hydrogen-bond acceptors (Lipinski definition) is 4. The molecule has 0 aromatic rings. The van der Waals surface area contributed by atoms with Crippen LogP contribution in [0.15, 0.2) is 0 Å². The molecule has 0 aliphatic heterocycles. The molecule has 0 rings (SSSR count). The average Bonchev–Trinajstić information content (AvgIpc) is 2.42. The van der Waals surface area contributed by atoms with E-state index in [9.17, 15) is 4.79 Å². The van der Waals surface area contributed by atoms with E-state index >= 15 is 0 Å². The summed E-state index contributed by atoms with van der Waals surface area (Å²) in [6, 6.07) is 0. The lowest BCUT2D eigenvalue weighted by molar-refractivity contribution is -0.132. The third kappa shape index (κ3) is 10.9. The number of ether oxygens (including phenoxy) is 2. The lowest BCUT2D eigenvalue weighted by Crippen LogP contribution is -2.36. The Bertz CT molecular complexity index is 203. The molecule has 0 aliphatic rings. The van der Waals surface area contributed by atoms with Crippen molar-refractivity contribution < 1.29 is 14.3 Å². The highest BCUT2D eigenvalue weighted by Gasteiger charge is 2.12. The third-order valence-corrected chi connectivity index (χ3v) is 2.87. The zero-order valence-corrected chi connectivity index (χ0v) is 12.5. The summed E-state index contributed by atoms with van der Waals surface area (Å²) in [5.41, 5.74) is 5.44. The van der Waals surface area contributed by atoms with Crippen LogP contribution in [0.25, 0.3) is 0 Å². The molecule has 1 amide bonds. The number of nitrogens with two attached hydrogens (primary N) is 1. The van der Waals surface area contributed by atoms with E-state index < -0.39 is 0 Å². The molecule has 0 heterocycles. The van der Waals surface area contributed by atoms with Gasteiger partial charge in [-0.15, -0.1) is 0 Å². The summed E-state index contributed by atoms with van der Waals surface area (Å²) >= 11 is 0. The Labute approximate surface area is 117 Å². The first-order valence-corrected chi connectivity index (χ1v) is 7.39. The summed E-state index contributed by atoms with van der Waals surface area (Å²) in [7, 11) is 0. The summed E-state index contributed by atoms with van der Waals surface area (Å²) in [6.07, 6.45) is 3.52. The monoisotopic (exact) mass is 274 g/mol. The van der Waals surface area contributed by atoms with Gasteiger partial charge >= 0.3 is 0 Å². The second-order valence-electron chi connectivity index (χ2n) is 4.37. The minimum Gasteiger partial charge on any atom is -0.380 e. The number of carbonyl (C=O) groups is 1. The molecule has 19 heavy (non-hydrogen) atoms. The van der Waals surface area contributed by atoms with Crippen LogP contribution < -0.4 is 5.73 Å². The van der Waals surface area contributed by atoms with Crippen LogP contribution in [0.5, 0.6) is 0 Å². The van der Waals surface area contributed by atoms with Crippen LogP contribution in [0, 0.1) is 0 Å². The van der Waals surface area contributed by atoms with Crippen LogP contribution in [0.3, 0.4) is 0 Å². The van der Waals surface area contributed by atoms with Gasteiger partial charge in [0.2, 0.25) is 5.91 Å². The lowest BCUT2D eigenvalue weighted by Gasteiger charge is -2.22. The third-order valence-electron chi connectivity index (χ3n) is 2.87. The highest BCUT2D eigenvalue weighted by molar-refractivity contribution is 5.76. The fourth-order valence-electron chi connectivity index (χ4n) is 1.75. The van der Waals surface area contributed by atoms with Gasteiger partial charge in [0.1, 0.15) is 0 Å². The number of unbranched alkanes of at least 4 members (excludes halogenated alkanes) is 2. The van der Waals surface area contributed by atoms with Crippen LogP contribution in [0.4, 0.5) is 0 Å². The fraction of sp³-hybridized carbons (Fsp3) is 0.929. The molecule has 0 spiro atoms. The molecular formula is C14H30N2O3. The zero-order chi connectivity index (χ0) is 14.3. The highest BCUT2D eigenvalue weighted by Crippen LogP contribution is 2.03. The maximum atomic E-state index is 12.1. The minimum absolute atomic E-state index is 0.191. The molecule has 0 saturated carbocycles. The Morgan fingerprint density at radius 3 is 2.05 bits per heavy atom. The molecule has 2 N–H and O–H groups in total. The summed E-state index contributed by atoms with van der Waals surface area (Å²) < 4.78 is 10.6. The number of amides is 1. The van der Waals surface area contributed by atoms with Gasteiger partial charge in [-0.3, -0.25) is 4.79 Å². The van der Waals surface area contributed by atoms with Crippen molar-refractivity contribution in [2.45, 2.75) is 39.5 Å². The molecule has 0 atom stereocenters. The molecule has 0 saturated heterocycles. The Balaban J connectivity index is 3.94. The van der Waals surface area contributed by atoms with Crippen molar-refractivity contribution in [2.75, 3.05) is 46.1 Å². The Kier molecular flexibility index (Phi) is 13.3. The van der Waals surface area contributed by atoms with Gasteiger partial charge < -0.3 is 20.1 Å². The average molecular weight is 274 g/mol. The first-order chi connectivity index (χ1) is 9.26. The highest BCUT2D eigenvalue weighted by atomic mass is 16.5. The fourth-order valence-corrected chi connectivity index (χ4v) is 1.75. The van der Waals surface area contributed by atoms with Crippen molar-refractivity contribution in [3.05, 3.63) is 0 Å². The van der Waals surface area contributed by atoms with Gasteiger partial charge in [0, 0.05) is 32.7 Å². The molecule has 5 nitrogen and oxygen atoms in total. The van der Waals surface area contributed by atoms with Gasteiger partial charge in [-0.25, -0.2) is 0 Å². The van der Waals surface area contributed by atoms with Crippen molar-refractivity contribution in [3.63, 3.8) is 0 Å². The van der Waals surface area contributed by atoms with Crippen molar-refractivity contribution in [1.82, 2.24) is 4.90 Å². The van der Waals surface area contributed by atoms with E-state index in [0.29, 0.717) is 52.5 Å². The van der Waals surface area contributed by atoms with Gasteiger partial charge in [-0.05, 0) is 33.2 Å². The summed E-state index contributed by atoms with van der Waals surface area (Å²) in [5, 5.41) is 0. The Hall–Kier alpha value is -0.650. The lowest BCUT2D eigenvalue weighted by atomic mass is 10.2. The van der Waals surface area contributed by atoms with Crippen LogP contribution in [0.2, 0.25) is 0 Å². The van der Waals surface area contributed by atoms with Crippen LogP contribution >= 0.6 is 0 Å². The Morgan fingerprint density at radius 1 is 1.00 bits per heavy atom. The maximum absolute atomic E-state index is 12.1. The molecule has 0 bridgehead atoms. The van der Waals surface area contributed by atoms with E-state index in [0.717, 1.165) is 19.3 Å². The molecule has 0 aromatic heterocycles. The number of hydrogen-bond donors (Lipinski definition) is 1. The van der Waals surface area contributed by atoms with Crippen LogP contribution in [0.1, 0.15) is 39.5 Å². The predicted octanol–water partition coefficient (Wildman–Crippen LogP) is 1.41. The van der Waals surface area contributed by atoms with Gasteiger partial charge in [-0.2, -0.15) is 0 Å². The summed E-state index contributed by atoms with van der Waals surface area (Å²) in [6.45, 7) is 8.47. The molecule has 0 fully saturated rings. The number of nitrogens with zero attached hydrogens (tertiary/aromatic N) is 1. The zero-order valence-electron chi connectivity index (χ0n) is 12.5. The summed E-state index contributed by atoms with van der Waals surface area (Å²) in [4.78, 5) is 13.9. The van der Waals surface area contributed by atoms with Crippen molar-refractivity contribution >= 4 is 5.91 Å². The van der Waals surface area contributed by atoms with E-state index in [-0.39, 0.29) is 5.91 Å².